The highest BCUT2D eigenvalue weighted by Gasteiger charge is 2.15. The minimum atomic E-state index is 0. The van der Waals surface area contributed by atoms with Crippen LogP contribution in [0.25, 0.3) is 0 Å². The van der Waals surface area contributed by atoms with Crippen molar-refractivity contribution in [3.05, 3.63) is 29.8 Å². The maximum absolute atomic E-state index is 5.97. The number of guanidine groups is 1. The summed E-state index contributed by atoms with van der Waals surface area (Å²) in [5.74, 6) is 1.20. The van der Waals surface area contributed by atoms with Gasteiger partial charge in [-0.05, 0) is 63.0 Å². The Labute approximate surface area is 145 Å². The van der Waals surface area contributed by atoms with E-state index in [1.807, 2.05) is 12.1 Å². The third-order valence-electron chi connectivity index (χ3n) is 3.97. The molecule has 0 spiro atoms. The van der Waals surface area contributed by atoms with Gasteiger partial charge in [0.1, 0.15) is 0 Å². The zero-order valence-corrected chi connectivity index (χ0v) is 15.3. The van der Waals surface area contributed by atoms with E-state index in [0.717, 1.165) is 18.7 Å². The molecule has 0 radical (unpaired) electrons. The number of nitrogens with two attached hydrogens (primary N) is 1. The minimum absolute atomic E-state index is 0. The van der Waals surface area contributed by atoms with Crippen LogP contribution in [0.15, 0.2) is 29.3 Å². The number of likely N-dealkylation sites (tertiary alicyclic amines) is 1. The standard InChI is InChI=1S/C16H26N4.HI/c1-3-13-5-4-6-15(11-13)19-16(17)18-12-14-7-9-20(2)10-8-14;/h4-6,11,14H,3,7-10,12H2,1-2H3,(H3,17,18,19);1H. The van der Waals surface area contributed by atoms with Crippen molar-refractivity contribution >= 4 is 35.6 Å². The Morgan fingerprint density at radius 2 is 2.10 bits per heavy atom. The second kappa shape index (κ2) is 9.25. The molecule has 118 valence electrons. The predicted molar refractivity (Wildman–Crippen MR) is 102 cm³/mol. The average molecular weight is 402 g/mol. The van der Waals surface area contributed by atoms with Crippen LogP contribution in [-0.2, 0) is 6.42 Å². The van der Waals surface area contributed by atoms with Gasteiger partial charge in [-0.1, -0.05) is 19.1 Å². The zero-order chi connectivity index (χ0) is 14.4. The summed E-state index contributed by atoms with van der Waals surface area (Å²) in [5.41, 5.74) is 8.30. The topological polar surface area (TPSA) is 53.6 Å². The van der Waals surface area contributed by atoms with Gasteiger partial charge in [-0.15, -0.1) is 24.0 Å². The lowest BCUT2D eigenvalue weighted by Gasteiger charge is -2.27. The van der Waals surface area contributed by atoms with Crippen LogP contribution < -0.4 is 11.1 Å². The van der Waals surface area contributed by atoms with Gasteiger partial charge in [-0.3, -0.25) is 4.99 Å². The first-order valence-electron chi connectivity index (χ1n) is 7.51. The fraction of sp³-hybridized carbons (Fsp3) is 0.562. The Hall–Kier alpha value is -0.820. The minimum Gasteiger partial charge on any atom is -0.370 e. The Morgan fingerprint density at radius 3 is 2.76 bits per heavy atom. The van der Waals surface area contributed by atoms with E-state index in [1.54, 1.807) is 0 Å². The lowest BCUT2D eigenvalue weighted by Crippen LogP contribution is -2.32. The maximum atomic E-state index is 5.97. The molecular weight excluding hydrogens is 375 g/mol. The third kappa shape index (κ3) is 6.22. The third-order valence-corrected chi connectivity index (χ3v) is 3.97. The molecule has 1 saturated heterocycles. The van der Waals surface area contributed by atoms with E-state index in [0.29, 0.717) is 11.9 Å². The molecule has 21 heavy (non-hydrogen) atoms. The summed E-state index contributed by atoms with van der Waals surface area (Å²) < 4.78 is 0. The normalized spacial score (nSPS) is 17.3. The summed E-state index contributed by atoms with van der Waals surface area (Å²) in [7, 11) is 2.18. The van der Waals surface area contributed by atoms with Crippen molar-refractivity contribution in [3.8, 4) is 0 Å². The number of hydrogen-bond donors (Lipinski definition) is 2. The van der Waals surface area contributed by atoms with Crippen LogP contribution in [0.3, 0.4) is 0 Å². The van der Waals surface area contributed by atoms with E-state index in [1.165, 1.54) is 31.5 Å². The lowest BCUT2D eigenvalue weighted by molar-refractivity contribution is 0.224. The van der Waals surface area contributed by atoms with Gasteiger partial charge in [-0.25, -0.2) is 0 Å². The number of rotatable bonds is 4. The molecule has 5 heteroatoms. The summed E-state index contributed by atoms with van der Waals surface area (Å²) in [4.78, 5) is 6.86. The molecule has 0 aromatic heterocycles. The monoisotopic (exact) mass is 402 g/mol. The van der Waals surface area contributed by atoms with E-state index in [2.05, 4.69) is 41.3 Å². The van der Waals surface area contributed by atoms with Gasteiger partial charge in [-0.2, -0.15) is 0 Å². The van der Waals surface area contributed by atoms with Crippen LogP contribution in [0.2, 0.25) is 0 Å². The molecule has 1 aliphatic rings. The van der Waals surface area contributed by atoms with Crippen molar-refractivity contribution in [1.29, 1.82) is 0 Å². The molecule has 0 amide bonds. The number of nitrogens with zero attached hydrogens (tertiary/aromatic N) is 2. The highest BCUT2D eigenvalue weighted by Crippen LogP contribution is 2.16. The zero-order valence-electron chi connectivity index (χ0n) is 13.0. The first-order valence-corrected chi connectivity index (χ1v) is 7.51. The molecule has 1 fully saturated rings. The largest absolute Gasteiger partial charge is 0.370 e. The molecule has 0 bridgehead atoms. The van der Waals surface area contributed by atoms with Gasteiger partial charge in [0.2, 0.25) is 0 Å². The van der Waals surface area contributed by atoms with Crippen LogP contribution in [0, 0.1) is 5.92 Å². The summed E-state index contributed by atoms with van der Waals surface area (Å²) in [6.07, 6.45) is 3.47. The Kier molecular flexibility index (Phi) is 8.03. The van der Waals surface area contributed by atoms with E-state index in [4.69, 9.17) is 5.73 Å². The molecular formula is C16H27IN4. The molecule has 1 aromatic carbocycles. The van der Waals surface area contributed by atoms with Crippen LogP contribution in [0.4, 0.5) is 5.69 Å². The molecule has 3 N–H and O–H groups in total. The van der Waals surface area contributed by atoms with E-state index >= 15 is 0 Å². The number of nitrogens with one attached hydrogen (secondary N) is 1. The first kappa shape index (κ1) is 18.2. The smallest absolute Gasteiger partial charge is 0.193 e. The molecule has 4 nitrogen and oxygen atoms in total. The predicted octanol–water partition coefficient (Wildman–Crippen LogP) is 2.94. The van der Waals surface area contributed by atoms with Gasteiger partial charge < -0.3 is 16.0 Å². The number of halogens is 1. The van der Waals surface area contributed by atoms with Crippen molar-refractivity contribution in [2.45, 2.75) is 26.2 Å². The van der Waals surface area contributed by atoms with Crippen molar-refractivity contribution in [3.63, 3.8) is 0 Å². The number of hydrogen-bond acceptors (Lipinski definition) is 2. The number of benzene rings is 1. The Bertz CT molecular complexity index is 453. The lowest BCUT2D eigenvalue weighted by atomic mass is 9.97. The van der Waals surface area contributed by atoms with Crippen LogP contribution in [-0.4, -0.2) is 37.5 Å². The number of piperidine rings is 1. The highest BCUT2D eigenvalue weighted by atomic mass is 127. The Balaban J connectivity index is 0.00000220. The molecule has 2 rings (SSSR count). The van der Waals surface area contributed by atoms with Gasteiger partial charge in [0, 0.05) is 12.2 Å². The van der Waals surface area contributed by atoms with Gasteiger partial charge in [0.25, 0.3) is 0 Å². The van der Waals surface area contributed by atoms with Crippen molar-refractivity contribution in [2.75, 3.05) is 32.0 Å². The first-order chi connectivity index (χ1) is 9.67. The molecule has 0 saturated carbocycles. The fourth-order valence-electron chi connectivity index (χ4n) is 2.53. The molecule has 1 heterocycles. The van der Waals surface area contributed by atoms with Crippen LogP contribution in [0.5, 0.6) is 0 Å². The van der Waals surface area contributed by atoms with Crippen molar-refractivity contribution < 1.29 is 0 Å². The molecule has 1 aromatic rings. The van der Waals surface area contributed by atoms with Gasteiger partial charge in [0.15, 0.2) is 5.96 Å². The number of aliphatic imine (C=N–C) groups is 1. The highest BCUT2D eigenvalue weighted by molar-refractivity contribution is 14.0. The summed E-state index contributed by atoms with van der Waals surface area (Å²) in [5, 5.41) is 3.18. The maximum Gasteiger partial charge on any atom is 0.193 e. The van der Waals surface area contributed by atoms with Gasteiger partial charge >= 0.3 is 0 Å². The Morgan fingerprint density at radius 1 is 1.38 bits per heavy atom. The average Bonchev–Trinajstić information content (AvgIpc) is 2.47. The second-order valence-electron chi connectivity index (χ2n) is 5.65. The molecule has 0 atom stereocenters. The van der Waals surface area contributed by atoms with E-state index in [-0.39, 0.29) is 24.0 Å². The van der Waals surface area contributed by atoms with Crippen molar-refractivity contribution in [1.82, 2.24) is 4.90 Å². The van der Waals surface area contributed by atoms with Crippen molar-refractivity contribution in [2.24, 2.45) is 16.6 Å². The summed E-state index contributed by atoms with van der Waals surface area (Å²) in [6, 6.07) is 8.32. The SMILES string of the molecule is CCc1cccc(NC(N)=NCC2CCN(C)CC2)c1.I. The summed E-state index contributed by atoms with van der Waals surface area (Å²) >= 11 is 0. The van der Waals surface area contributed by atoms with E-state index in [9.17, 15) is 0 Å². The molecule has 0 unspecified atom stereocenters. The molecule has 1 aliphatic heterocycles. The van der Waals surface area contributed by atoms with Crippen LogP contribution in [0.1, 0.15) is 25.3 Å². The summed E-state index contributed by atoms with van der Waals surface area (Å²) in [6.45, 7) is 5.33. The molecule has 0 aliphatic carbocycles. The number of aryl methyl sites for hydroxylation is 1. The van der Waals surface area contributed by atoms with Gasteiger partial charge in [0.05, 0.1) is 0 Å². The van der Waals surface area contributed by atoms with Crippen LogP contribution >= 0.6 is 24.0 Å². The van der Waals surface area contributed by atoms with E-state index < -0.39 is 0 Å². The number of anilines is 1. The second-order valence-corrected chi connectivity index (χ2v) is 5.65. The quantitative estimate of drug-likeness (QED) is 0.463. The fourth-order valence-corrected chi connectivity index (χ4v) is 2.53.